The van der Waals surface area contributed by atoms with Crippen molar-refractivity contribution in [3.05, 3.63) is 17.0 Å². The third-order valence-corrected chi connectivity index (χ3v) is 2.86. The molecule has 88 valence electrons. The Kier molecular flexibility index (Phi) is 3.99. The Labute approximate surface area is 101 Å². The third kappa shape index (κ3) is 3.63. The summed E-state index contributed by atoms with van der Waals surface area (Å²) in [5.74, 6) is 2.27. The summed E-state index contributed by atoms with van der Waals surface area (Å²) in [4.78, 5) is 8.48. The molecule has 1 aromatic heterocycles. The second-order valence-corrected chi connectivity index (χ2v) is 4.66. The van der Waals surface area contributed by atoms with E-state index in [1.807, 2.05) is 0 Å². The molecular formula is C12H17ClN2O. The molecule has 1 aliphatic rings. The maximum absolute atomic E-state index is 5.91. The monoisotopic (exact) mass is 240 g/mol. The van der Waals surface area contributed by atoms with Crippen LogP contribution in [0.15, 0.2) is 6.07 Å². The van der Waals surface area contributed by atoms with Crippen LogP contribution in [0.25, 0.3) is 0 Å². The van der Waals surface area contributed by atoms with Gasteiger partial charge in [0.2, 0.25) is 5.88 Å². The van der Waals surface area contributed by atoms with Gasteiger partial charge in [0.25, 0.3) is 0 Å². The summed E-state index contributed by atoms with van der Waals surface area (Å²) < 4.78 is 5.59. The van der Waals surface area contributed by atoms with Gasteiger partial charge in [-0.2, -0.15) is 4.98 Å². The van der Waals surface area contributed by atoms with Gasteiger partial charge in [-0.1, -0.05) is 31.4 Å². The van der Waals surface area contributed by atoms with Crippen molar-refractivity contribution in [2.45, 2.75) is 39.0 Å². The Morgan fingerprint density at radius 2 is 2.25 bits per heavy atom. The van der Waals surface area contributed by atoms with Gasteiger partial charge >= 0.3 is 0 Å². The summed E-state index contributed by atoms with van der Waals surface area (Å²) in [7, 11) is 0. The number of ether oxygens (including phenoxy) is 1. The van der Waals surface area contributed by atoms with Crippen molar-refractivity contribution in [2.24, 2.45) is 5.92 Å². The van der Waals surface area contributed by atoms with Crippen molar-refractivity contribution in [1.29, 1.82) is 0 Å². The average molecular weight is 241 g/mol. The molecule has 2 rings (SSSR count). The first-order chi connectivity index (χ1) is 7.78. The Bertz CT molecular complexity index is 353. The molecule has 0 N–H and O–H groups in total. The summed E-state index contributed by atoms with van der Waals surface area (Å²) in [5.41, 5.74) is 0. The van der Waals surface area contributed by atoms with Crippen LogP contribution < -0.4 is 4.74 Å². The van der Waals surface area contributed by atoms with Crippen LogP contribution in [-0.2, 0) is 6.42 Å². The zero-order valence-corrected chi connectivity index (χ0v) is 10.3. The number of rotatable bonds is 6. The number of halogens is 1. The zero-order valence-electron chi connectivity index (χ0n) is 9.58. The van der Waals surface area contributed by atoms with E-state index in [2.05, 4.69) is 16.9 Å². The first-order valence-electron chi connectivity index (χ1n) is 5.94. The molecule has 1 saturated carbocycles. The summed E-state index contributed by atoms with van der Waals surface area (Å²) in [6.45, 7) is 2.83. The minimum atomic E-state index is 0.472. The van der Waals surface area contributed by atoms with Crippen LogP contribution in [0.5, 0.6) is 5.88 Å². The van der Waals surface area contributed by atoms with Crippen LogP contribution in [0.2, 0.25) is 5.15 Å². The quantitative estimate of drug-likeness (QED) is 0.716. The molecule has 0 atom stereocenters. The van der Waals surface area contributed by atoms with Gasteiger partial charge in [-0.25, -0.2) is 4.98 Å². The van der Waals surface area contributed by atoms with E-state index in [1.54, 1.807) is 6.07 Å². The molecule has 1 aliphatic carbocycles. The van der Waals surface area contributed by atoms with Gasteiger partial charge in [0, 0.05) is 12.5 Å². The van der Waals surface area contributed by atoms with Gasteiger partial charge in [-0.15, -0.1) is 0 Å². The molecule has 3 nitrogen and oxygen atoms in total. The Morgan fingerprint density at radius 1 is 1.44 bits per heavy atom. The van der Waals surface area contributed by atoms with Crippen molar-refractivity contribution in [2.75, 3.05) is 6.61 Å². The van der Waals surface area contributed by atoms with E-state index in [9.17, 15) is 0 Å². The molecule has 1 fully saturated rings. The normalized spacial score (nSPS) is 15.1. The van der Waals surface area contributed by atoms with Gasteiger partial charge in [-0.3, -0.25) is 0 Å². The van der Waals surface area contributed by atoms with Crippen molar-refractivity contribution in [3.63, 3.8) is 0 Å². The smallest absolute Gasteiger partial charge is 0.218 e. The van der Waals surface area contributed by atoms with Crippen LogP contribution in [0, 0.1) is 5.92 Å². The zero-order chi connectivity index (χ0) is 11.4. The van der Waals surface area contributed by atoms with Crippen molar-refractivity contribution in [1.82, 2.24) is 9.97 Å². The summed E-state index contributed by atoms with van der Waals surface area (Å²) >= 11 is 5.91. The lowest BCUT2D eigenvalue weighted by Gasteiger charge is -2.06. The molecule has 0 spiro atoms. The highest BCUT2D eigenvalue weighted by molar-refractivity contribution is 6.29. The third-order valence-electron chi connectivity index (χ3n) is 2.66. The van der Waals surface area contributed by atoms with E-state index in [0.29, 0.717) is 11.0 Å². The molecule has 0 bridgehead atoms. The number of aromatic nitrogens is 2. The fourth-order valence-electron chi connectivity index (χ4n) is 1.59. The largest absolute Gasteiger partial charge is 0.478 e. The van der Waals surface area contributed by atoms with Crippen LogP contribution in [0.4, 0.5) is 0 Å². The van der Waals surface area contributed by atoms with Crippen molar-refractivity contribution < 1.29 is 4.74 Å². The van der Waals surface area contributed by atoms with Gasteiger partial charge in [0.05, 0.1) is 6.61 Å². The maximum Gasteiger partial charge on any atom is 0.218 e. The lowest BCUT2D eigenvalue weighted by molar-refractivity contribution is 0.290. The molecule has 1 heterocycles. The SMILES string of the molecule is CCCc1nc(Cl)cc(OCCC2CC2)n1. The van der Waals surface area contributed by atoms with Gasteiger partial charge in [0.1, 0.15) is 11.0 Å². The van der Waals surface area contributed by atoms with E-state index in [-0.39, 0.29) is 0 Å². The van der Waals surface area contributed by atoms with Gasteiger partial charge in [0.15, 0.2) is 0 Å². The van der Waals surface area contributed by atoms with Crippen molar-refractivity contribution in [3.8, 4) is 5.88 Å². The van der Waals surface area contributed by atoms with Crippen LogP contribution >= 0.6 is 11.6 Å². The maximum atomic E-state index is 5.91. The lowest BCUT2D eigenvalue weighted by Crippen LogP contribution is -2.03. The molecular weight excluding hydrogens is 224 g/mol. The fourth-order valence-corrected chi connectivity index (χ4v) is 1.78. The van der Waals surface area contributed by atoms with E-state index >= 15 is 0 Å². The number of nitrogens with zero attached hydrogens (tertiary/aromatic N) is 2. The van der Waals surface area contributed by atoms with Crippen molar-refractivity contribution >= 4 is 11.6 Å². The standard InChI is InChI=1S/C12H17ClN2O/c1-2-3-11-14-10(13)8-12(15-11)16-7-6-9-4-5-9/h8-9H,2-7H2,1H3. The predicted octanol–water partition coefficient (Wildman–Crippen LogP) is 3.26. The molecule has 4 heteroatoms. The molecule has 0 amide bonds. The molecule has 0 unspecified atom stereocenters. The van der Waals surface area contributed by atoms with Crippen LogP contribution in [0.1, 0.15) is 38.4 Å². The van der Waals surface area contributed by atoms with Gasteiger partial charge in [-0.05, 0) is 18.8 Å². The lowest BCUT2D eigenvalue weighted by atomic mass is 10.3. The second-order valence-electron chi connectivity index (χ2n) is 4.28. The Balaban J connectivity index is 1.90. The van der Waals surface area contributed by atoms with Gasteiger partial charge < -0.3 is 4.74 Å². The fraction of sp³-hybridized carbons (Fsp3) is 0.667. The Hall–Kier alpha value is -0.830. The van der Waals surface area contributed by atoms with E-state index < -0.39 is 0 Å². The van der Waals surface area contributed by atoms with E-state index in [4.69, 9.17) is 16.3 Å². The summed E-state index contributed by atoms with van der Waals surface area (Å²) in [6.07, 6.45) is 5.70. The topological polar surface area (TPSA) is 35.0 Å². The number of hydrogen-bond donors (Lipinski definition) is 0. The molecule has 0 aliphatic heterocycles. The summed E-state index contributed by atoms with van der Waals surface area (Å²) in [5, 5.41) is 0.472. The second kappa shape index (κ2) is 5.48. The first kappa shape index (κ1) is 11.6. The minimum Gasteiger partial charge on any atom is -0.478 e. The molecule has 0 aromatic carbocycles. The van der Waals surface area contributed by atoms with Crippen LogP contribution in [-0.4, -0.2) is 16.6 Å². The van der Waals surface area contributed by atoms with Crippen LogP contribution in [0.3, 0.4) is 0 Å². The minimum absolute atomic E-state index is 0.472. The number of aryl methyl sites for hydroxylation is 1. The highest BCUT2D eigenvalue weighted by Gasteiger charge is 2.20. The molecule has 16 heavy (non-hydrogen) atoms. The predicted molar refractivity (Wildman–Crippen MR) is 63.9 cm³/mol. The first-order valence-corrected chi connectivity index (χ1v) is 6.32. The average Bonchev–Trinajstić information content (AvgIpc) is 3.01. The molecule has 0 radical (unpaired) electrons. The molecule has 0 saturated heterocycles. The van der Waals surface area contributed by atoms with E-state index in [1.165, 1.54) is 12.8 Å². The highest BCUT2D eigenvalue weighted by Crippen LogP contribution is 2.32. The van der Waals surface area contributed by atoms with E-state index in [0.717, 1.165) is 37.6 Å². The highest BCUT2D eigenvalue weighted by atomic mass is 35.5. The Morgan fingerprint density at radius 3 is 2.94 bits per heavy atom. The number of hydrogen-bond acceptors (Lipinski definition) is 3. The molecule has 1 aromatic rings. The summed E-state index contributed by atoms with van der Waals surface area (Å²) in [6, 6.07) is 1.69.